The fourth-order valence-corrected chi connectivity index (χ4v) is 2.84. The van der Waals surface area contributed by atoms with E-state index in [1.54, 1.807) is 6.07 Å². The number of nitrogens with two attached hydrogens (primary N) is 1. The molecule has 3 nitrogen and oxygen atoms in total. The maximum absolute atomic E-state index is 14.1. The Morgan fingerprint density at radius 3 is 2.65 bits per heavy atom. The second-order valence-corrected chi connectivity index (χ2v) is 4.87. The molecule has 3 rings (SSSR count). The van der Waals surface area contributed by atoms with Crippen LogP contribution in [0.1, 0.15) is 37.7 Å². The van der Waals surface area contributed by atoms with Crippen molar-refractivity contribution in [1.29, 1.82) is 0 Å². The summed E-state index contributed by atoms with van der Waals surface area (Å²) in [6, 6.07) is 3.03. The van der Waals surface area contributed by atoms with Gasteiger partial charge in [0.15, 0.2) is 11.5 Å². The quantitative estimate of drug-likeness (QED) is 0.816. The summed E-state index contributed by atoms with van der Waals surface area (Å²) in [5, 5.41) is 0. The molecule has 1 aromatic carbocycles. The number of benzene rings is 1. The van der Waals surface area contributed by atoms with Crippen LogP contribution in [-0.4, -0.2) is 6.79 Å². The molecule has 0 aromatic heterocycles. The molecule has 0 unspecified atom stereocenters. The van der Waals surface area contributed by atoms with Crippen molar-refractivity contribution in [3.05, 3.63) is 23.5 Å². The van der Waals surface area contributed by atoms with Gasteiger partial charge in [-0.25, -0.2) is 4.39 Å². The molecule has 0 bridgehead atoms. The van der Waals surface area contributed by atoms with Crippen LogP contribution in [0.3, 0.4) is 0 Å². The van der Waals surface area contributed by atoms with Crippen molar-refractivity contribution in [2.24, 2.45) is 5.73 Å². The molecule has 1 heterocycles. The minimum absolute atomic E-state index is 0.155. The second-order valence-electron chi connectivity index (χ2n) is 4.87. The Labute approximate surface area is 99.7 Å². The highest BCUT2D eigenvalue weighted by molar-refractivity contribution is 5.52. The van der Waals surface area contributed by atoms with E-state index in [-0.39, 0.29) is 12.6 Å². The molecule has 1 aliphatic heterocycles. The Morgan fingerprint density at radius 1 is 1.12 bits per heavy atom. The summed E-state index contributed by atoms with van der Waals surface area (Å²) < 4.78 is 24.7. The molecule has 0 spiro atoms. The third kappa shape index (κ3) is 1.67. The van der Waals surface area contributed by atoms with Crippen LogP contribution < -0.4 is 15.2 Å². The van der Waals surface area contributed by atoms with Gasteiger partial charge in [0.25, 0.3) is 0 Å². The molecular formula is C13H16FNO2. The number of hydrogen-bond acceptors (Lipinski definition) is 3. The Hall–Kier alpha value is -1.29. The lowest BCUT2D eigenvalue weighted by Gasteiger charge is -2.34. The van der Waals surface area contributed by atoms with Crippen LogP contribution >= 0.6 is 0 Å². The van der Waals surface area contributed by atoms with Gasteiger partial charge in [-0.2, -0.15) is 0 Å². The van der Waals surface area contributed by atoms with Gasteiger partial charge in [0.1, 0.15) is 5.82 Å². The first-order chi connectivity index (χ1) is 8.21. The summed E-state index contributed by atoms with van der Waals surface area (Å²) in [5.41, 5.74) is 6.29. The zero-order chi connectivity index (χ0) is 11.9. The smallest absolute Gasteiger partial charge is 0.231 e. The Kier molecular flexibility index (Phi) is 2.47. The topological polar surface area (TPSA) is 44.5 Å². The van der Waals surface area contributed by atoms with Crippen molar-refractivity contribution in [2.45, 2.75) is 37.6 Å². The van der Waals surface area contributed by atoms with Crippen molar-refractivity contribution >= 4 is 0 Å². The standard InChI is InChI=1S/C13H16FNO2/c14-9-4-5-10-12(17-8-16-10)11(9)13(15)6-2-1-3-7-13/h4-5H,1-3,6-8,15H2. The first-order valence-electron chi connectivity index (χ1n) is 6.08. The highest BCUT2D eigenvalue weighted by Crippen LogP contribution is 2.46. The molecule has 0 radical (unpaired) electrons. The SMILES string of the molecule is NC1(c2c(F)ccc3c2OCO3)CCCCC1. The fourth-order valence-electron chi connectivity index (χ4n) is 2.84. The van der Waals surface area contributed by atoms with Gasteiger partial charge in [0, 0.05) is 5.54 Å². The van der Waals surface area contributed by atoms with Gasteiger partial charge in [-0.05, 0) is 25.0 Å². The van der Waals surface area contributed by atoms with Gasteiger partial charge < -0.3 is 15.2 Å². The van der Waals surface area contributed by atoms with E-state index >= 15 is 0 Å². The van der Waals surface area contributed by atoms with Crippen molar-refractivity contribution < 1.29 is 13.9 Å². The lowest BCUT2D eigenvalue weighted by atomic mass is 9.77. The summed E-state index contributed by atoms with van der Waals surface area (Å²) in [7, 11) is 0. The minimum atomic E-state index is -0.596. The Balaban J connectivity index is 2.10. The van der Waals surface area contributed by atoms with Gasteiger partial charge in [0.05, 0.1) is 5.56 Å². The van der Waals surface area contributed by atoms with E-state index in [4.69, 9.17) is 15.2 Å². The molecule has 0 amide bonds. The van der Waals surface area contributed by atoms with Crippen LogP contribution in [0.25, 0.3) is 0 Å². The average molecular weight is 237 g/mol. The summed E-state index contributed by atoms with van der Waals surface area (Å²) in [6.07, 6.45) is 4.88. The van der Waals surface area contributed by atoms with E-state index in [0.717, 1.165) is 25.7 Å². The summed E-state index contributed by atoms with van der Waals surface area (Å²) in [6.45, 7) is 0.155. The number of fused-ring (bicyclic) bond motifs is 1. The van der Waals surface area contributed by atoms with Crippen molar-refractivity contribution in [1.82, 2.24) is 0 Å². The van der Waals surface area contributed by atoms with Gasteiger partial charge >= 0.3 is 0 Å². The molecule has 0 atom stereocenters. The fraction of sp³-hybridized carbons (Fsp3) is 0.538. The third-order valence-corrected chi connectivity index (χ3v) is 3.73. The van der Waals surface area contributed by atoms with Crippen LogP contribution in [-0.2, 0) is 5.54 Å². The highest BCUT2D eigenvalue weighted by Gasteiger charge is 2.37. The predicted molar refractivity (Wildman–Crippen MR) is 61.5 cm³/mol. The van der Waals surface area contributed by atoms with E-state index in [0.29, 0.717) is 17.1 Å². The molecule has 2 aliphatic rings. The molecule has 0 saturated heterocycles. The second kappa shape index (κ2) is 3.88. The van der Waals surface area contributed by atoms with Gasteiger partial charge in [-0.3, -0.25) is 0 Å². The normalized spacial score (nSPS) is 21.5. The molecule has 2 N–H and O–H groups in total. The number of ether oxygens (including phenoxy) is 2. The van der Waals surface area contributed by atoms with Crippen molar-refractivity contribution in [2.75, 3.05) is 6.79 Å². The van der Waals surface area contributed by atoms with Crippen molar-refractivity contribution in [3.63, 3.8) is 0 Å². The molecule has 1 aliphatic carbocycles. The minimum Gasteiger partial charge on any atom is -0.454 e. The first-order valence-corrected chi connectivity index (χ1v) is 6.08. The monoisotopic (exact) mass is 237 g/mol. The molecule has 1 aromatic rings. The third-order valence-electron chi connectivity index (χ3n) is 3.73. The summed E-state index contributed by atoms with van der Waals surface area (Å²) in [5.74, 6) is 0.838. The van der Waals surface area contributed by atoms with E-state index in [1.807, 2.05) is 0 Å². The van der Waals surface area contributed by atoms with Crippen LogP contribution in [0.2, 0.25) is 0 Å². The summed E-state index contributed by atoms with van der Waals surface area (Å²) in [4.78, 5) is 0. The molecular weight excluding hydrogens is 221 g/mol. The largest absolute Gasteiger partial charge is 0.454 e. The molecule has 92 valence electrons. The summed E-state index contributed by atoms with van der Waals surface area (Å²) >= 11 is 0. The molecule has 17 heavy (non-hydrogen) atoms. The first kappa shape index (κ1) is 10.8. The van der Waals surface area contributed by atoms with E-state index < -0.39 is 5.54 Å². The maximum atomic E-state index is 14.1. The van der Waals surface area contributed by atoms with Gasteiger partial charge in [-0.15, -0.1) is 0 Å². The van der Waals surface area contributed by atoms with Crippen molar-refractivity contribution in [3.8, 4) is 11.5 Å². The molecule has 1 fully saturated rings. The van der Waals surface area contributed by atoms with Crippen LogP contribution in [0.5, 0.6) is 11.5 Å². The lowest BCUT2D eigenvalue weighted by molar-refractivity contribution is 0.170. The maximum Gasteiger partial charge on any atom is 0.231 e. The predicted octanol–water partition coefficient (Wildman–Crippen LogP) is 2.67. The van der Waals surface area contributed by atoms with E-state index in [1.165, 1.54) is 12.5 Å². The van der Waals surface area contributed by atoms with Gasteiger partial charge in [0.2, 0.25) is 6.79 Å². The molecule has 4 heteroatoms. The van der Waals surface area contributed by atoms with Gasteiger partial charge in [-0.1, -0.05) is 19.3 Å². The van der Waals surface area contributed by atoms with Crippen LogP contribution in [0.4, 0.5) is 4.39 Å². The number of halogens is 1. The Morgan fingerprint density at radius 2 is 1.88 bits per heavy atom. The Bertz CT molecular complexity index is 441. The van der Waals surface area contributed by atoms with Crippen LogP contribution in [0, 0.1) is 5.82 Å². The van der Waals surface area contributed by atoms with E-state index in [2.05, 4.69) is 0 Å². The van der Waals surface area contributed by atoms with Crippen LogP contribution in [0.15, 0.2) is 12.1 Å². The highest BCUT2D eigenvalue weighted by atomic mass is 19.1. The zero-order valence-corrected chi connectivity index (χ0v) is 9.67. The molecule has 1 saturated carbocycles. The number of hydrogen-bond donors (Lipinski definition) is 1. The average Bonchev–Trinajstić information content (AvgIpc) is 2.77. The lowest BCUT2D eigenvalue weighted by Crippen LogP contribution is -2.39. The number of rotatable bonds is 1. The van der Waals surface area contributed by atoms with E-state index in [9.17, 15) is 4.39 Å². The zero-order valence-electron chi connectivity index (χ0n) is 9.67.